The highest BCUT2D eigenvalue weighted by molar-refractivity contribution is 5.99. The van der Waals surface area contributed by atoms with Gasteiger partial charge in [0, 0.05) is 19.2 Å². The molecule has 2 aromatic rings. The zero-order chi connectivity index (χ0) is 17.0. The van der Waals surface area contributed by atoms with E-state index in [4.69, 9.17) is 9.47 Å². The van der Waals surface area contributed by atoms with Crippen LogP contribution in [0.2, 0.25) is 0 Å². The van der Waals surface area contributed by atoms with Crippen LogP contribution in [0.3, 0.4) is 0 Å². The van der Waals surface area contributed by atoms with Gasteiger partial charge in [-0.25, -0.2) is 14.8 Å². The minimum Gasteiger partial charge on any atom is -0.464 e. The summed E-state index contributed by atoms with van der Waals surface area (Å²) in [6.07, 6.45) is 5.06. The molecule has 8 nitrogen and oxygen atoms in total. The number of fused-ring (bicyclic) bond motifs is 1. The van der Waals surface area contributed by atoms with Crippen LogP contribution in [0.25, 0.3) is 11.2 Å². The summed E-state index contributed by atoms with van der Waals surface area (Å²) in [6, 6.07) is 1.65. The number of aromatic amines is 1. The minimum atomic E-state index is -1.13. The number of rotatable bonds is 6. The average molecular weight is 332 g/mol. The molecule has 0 saturated carbocycles. The lowest BCUT2D eigenvalue weighted by atomic mass is 9.98. The van der Waals surface area contributed by atoms with Gasteiger partial charge in [0.15, 0.2) is 11.2 Å². The maximum atomic E-state index is 12.6. The summed E-state index contributed by atoms with van der Waals surface area (Å²) >= 11 is 0. The molecule has 24 heavy (non-hydrogen) atoms. The number of aromatic nitrogens is 3. The molecule has 0 unspecified atom stereocenters. The van der Waals surface area contributed by atoms with Crippen LogP contribution in [-0.2, 0) is 14.3 Å². The third kappa shape index (κ3) is 3.23. The molecule has 3 heterocycles. The van der Waals surface area contributed by atoms with Crippen molar-refractivity contribution in [3.8, 4) is 0 Å². The van der Waals surface area contributed by atoms with Gasteiger partial charge in [-0.1, -0.05) is 13.3 Å². The van der Waals surface area contributed by atoms with E-state index < -0.39 is 17.4 Å². The second-order valence-electron chi connectivity index (χ2n) is 5.83. The first-order chi connectivity index (χ1) is 11.6. The number of hydrogen-bond donors (Lipinski definition) is 2. The first-order valence-corrected chi connectivity index (χ1v) is 8.01. The van der Waals surface area contributed by atoms with E-state index >= 15 is 0 Å². The Kier molecular flexibility index (Phi) is 4.75. The van der Waals surface area contributed by atoms with Crippen molar-refractivity contribution < 1.29 is 19.1 Å². The Bertz CT molecular complexity index is 737. The first kappa shape index (κ1) is 16.4. The van der Waals surface area contributed by atoms with Gasteiger partial charge in [-0.15, -0.1) is 0 Å². The van der Waals surface area contributed by atoms with Gasteiger partial charge in [-0.2, -0.15) is 0 Å². The Morgan fingerprint density at radius 1 is 1.46 bits per heavy atom. The number of carbonyl (C=O) groups is 2. The normalized spacial score (nSPS) is 20.2. The lowest BCUT2D eigenvalue weighted by molar-refractivity contribution is -0.151. The Balaban J connectivity index is 1.74. The molecule has 1 amide bonds. The molecule has 8 heteroatoms. The van der Waals surface area contributed by atoms with Crippen molar-refractivity contribution in [2.24, 2.45) is 0 Å². The summed E-state index contributed by atoms with van der Waals surface area (Å²) in [5.74, 6) is -0.839. The molecular weight excluding hydrogens is 312 g/mol. The first-order valence-electron chi connectivity index (χ1n) is 8.01. The standard InChI is InChI=1S/C16H20N4O4/c1-2-3-5-24-15(22)16(4-6-23-9-16)20-14(21)11-7-12-13(17-8-11)19-10-18-12/h7-8,10H,2-6,9H2,1H3,(H,20,21)(H,17,18,19)/t16-/m0/s1. The summed E-state index contributed by atoms with van der Waals surface area (Å²) in [7, 11) is 0. The zero-order valence-corrected chi connectivity index (χ0v) is 13.5. The van der Waals surface area contributed by atoms with Crippen molar-refractivity contribution in [3.63, 3.8) is 0 Å². The molecule has 0 radical (unpaired) electrons. The number of unbranched alkanes of at least 4 members (excludes halogenated alkanes) is 1. The van der Waals surface area contributed by atoms with Crippen LogP contribution in [0.4, 0.5) is 0 Å². The largest absolute Gasteiger partial charge is 0.464 e. The molecule has 1 aliphatic heterocycles. The molecule has 128 valence electrons. The van der Waals surface area contributed by atoms with E-state index in [2.05, 4.69) is 20.3 Å². The minimum absolute atomic E-state index is 0.115. The molecule has 2 N–H and O–H groups in total. The monoisotopic (exact) mass is 332 g/mol. The van der Waals surface area contributed by atoms with Gasteiger partial charge in [-0.3, -0.25) is 4.79 Å². The number of pyridine rings is 1. The van der Waals surface area contributed by atoms with E-state index in [0.29, 0.717) is 36.4 Å². The van der Waals surface area contributed by atoms with Crippen LogP contribution in [0, 0.1) is 0 Å². The van der Waals surface area contributed by atoms with E-state index in [1.54, 1.807) is 6.07 Å². The van der Waals surface area contributed by atoms with Gasteiger partial charge in [0.2, 0.25) is 0 Å². The summed E-state index contributed by atoms with van der Waals surface area (Å²) in [5, 5.41) is 2.78. The van der Waals surface area contributed by atoms with Crippen LogP contribution in [0.15, 0.2) is 18.6 Å². The Morgan fingerprint density at radius 2 is 2.33 bits per heavy atom. The predicted octanol–water partition coefficient (Wildman–Crippen LogP) is 1.19. The fourth-order valence-corrected chi connectivity index (χ4v) is 2.57. The summed E-state index contributed by atoms with van der Waals surface area (Å²) in [4.78, 5) is 36.0. The lowest BCUT2D eigenvalue weighted by Gasteiger charge is -2.26. The third-order valence-electron chi connectivity index (χ3n) is 4.03. The molecule has 0 spiro atoms. The number of ether oxygens (including phenoxy) is 2. The molecule has 0 aromatic carbocycles. The second kappa shape index (κ2) is 6.96. The van der Waals surface area contributed by atoms with E-state index in [9.17, 15) is 9.59 Å². The maximum Gasteiger partial charge on any atom is 0.334 e. The number of nitrogens with zero attached hydrogens (tertiary/aromatic N) is 2. The van der Waals surface area contributed by atoms with Crippen LogP contribution < -0.4 is 5.32 Å². The van der Waals surface area contributed by atoms with Gasteiger partial charge in [0.1, 0.15) is 0 Å². The van der Waals surface area contributed by atoms with E-state index in [1.807, 2.05) is 6.92 Å². The van der Waals surface area contributed by atoms with E-state index in [-0.39, 0.29) is 6.61 Å². The van der Waals surface area contributed by atoms with E-state index in [0.717, 1.165) is 12.8 Å². The smallest absolute Gasteiger partial charge is 0.334 e. The van der Waals surface area contributed by atoms with Crippen molar-refractivity contribution in [2.75, 3.05) is 19.8 Å². The maximum absolute atomic E-state index is 12.6. The summed E-state index contributed by atoms with van der Waals surface area (Å²) in [5.41, 5.74) is 0.405. The molecule has 0 bridgehead atoms. The SMILES string of the molecule is CCCCOC(=O)[C@]1(NC(=O)c2cnc3nc[nH]c3c2)CCOC1. The molecule has 1 atom stereocenters. The van der Waals surface area contributed by atoms with Gasteiger partial charge >= 0.3 is 5.97 Å². The van der Waals surface area contributed by atoms with Crippen molar-refractivity contribution in [2.45, 2.75) is 31.7 Å². The van der Waals surface area contributed by atoms with Crippen molar-refractivity contribution in [3.05, 3.63) is 24.2 Å². The van der Waals surface area contributed by atoms with Gasteiger partial charge < -0.3 is 19.8 Å². The molecule has 2 aromatic heterocycles. The number of amides is 1. The highest BCUT2D eigenvalue weighted by atomic mass is 16.5. The van der Waals surface area contributed by atoms with Crippen LogP contribution in [0.5, 0.6) is 0 Å². The number of hydrogen-bond acceptors (Lipinski definition) is 6. The Morgan fingerprint density at radius 3 is 3.08 bits per heavy atom. The predicted molar refractivity (Wildman–Crippen MR) is 85.4 cm³/mol. The fourth-order valence-electron chi connectivity index (χ4n) is 2.57. The van der Waals surface area contributed by atoms with E-state index in [1.165, 1.54) is 12.5 Å². The van der Waals surface area contributed by atoms with Crippen molar-refractivity contribution >= 4 is 23.0 Å². The van der Waals surface area contributed by atoms with Gasteiger partial charge in [0.25, 0.3) is 5.91 Å². The molecule has 1 fully saturated rings. The molecule has 3 rings (SSSR count). The number of carbonyl (C=O) groups excluding carboxylic acids is 2. The molecular formula is C16H20N4O4. The molecule has 1 aliphatic rings. The Hall–Kier alpha value is -2.48. The van der Waals surface area contributed by atoms with Crippen molar-refractivity contribution in [1.82, 2.24) is 20.3 Å². The van der Waals surface area contributed by atoms with Crippen LogP contribution in [-0.4, -0.2) is 52.2 Å². The van der Waals surface area contributed by atoms with Crippen molar-refractivity contribution in [1.29, 1.82) is 0 Å². The molecule has 1 saturated heterocycles. The lowest BCUT2D eigenvalue weighted by Crippen LogP contribution is -2.56. The number of esters is 1. The number of H-pyrrole nitrogens is 1. The number of imidazole rings is 1. The van der Waals surface area contributed by atoms with Gasteiger partial charge in [-0.05, 0) is 12.5 Å². The summed E-state index contributed by atoms with van der Waals surface area (Å²) < 4.78 is 10.6. The Labute approximate surface area is 139 Å². The van der Waals surface area contributed by atoms with Crippen LogP contribution in [0.1, 0.15) is 36.5 Å². The third-order valence-corrected chi connectivity index (χ3v) is 4.03. The highest BCUT2D eigenvalue weighted by Crippen LogP contribution is 2.22. The van der Waals surface area contributed by atoms with Crippen LogP contribution >= 0.6 is 0 Å². The fraction of sp³-hybridized carbons (Fsp3) is 0.500. The quantitative estimate of drug-likeness (QED) is 0.608. The topological polar surface area (TPSA) is 106 Å². The summed E-state index contributed by atoms with van der Waals surface area (Å²) in [6.45, 7) is 2.88. The second-order valence-corrected chi connectivity index (χ2v) is 5.83. The van der Waals surface area contributed by atoms with Gasteiger partial charge in [0.05, 0.1) is 30.6 Å². The number of nitrogens with one attached hydrogen (secondary N) is 2. The zero-order valence-electron chi connectivity index (χ0n) is 13.5. The average Bonchev–Trinajstić information content (AvgIpc) is 3.23. The highest BCUT2D eigenvalue weighted by Gasteiger charge is 2.45. The molecule has 0 aliphatic carbocycles.